The maximum absolute atomic E-state index is 4.42. The lowest BCUT2D eigenvalue weighted by Gasteiger charge is -2.39. The molecular weight excluding hydrogens is 493 g/mol. The molecule has 1 aliphatic heterocycles. The topological polar surface area (TPSA) is 42.9 Å². The van der Waals surface area contributed by atoms with Crippen molar-refractivity contribution in [1.82, 2.24) is 15.5 Å². The SMILES string of the molecule is CN=C(NCc1ccc(N(C)C)cc1)NCC1CCCN(C)C1c1cccs1.I. The molecule has 160 valence electrons. The van der Waals surface area contributed by atoms with E-state index in [1.165, 1.54) is 35.5 Å². The van der Waals surface area contributed by atoms with Crippen molar-refractivity contribution in [2.24, 2.45) is 10.9 Å². The van der Waals surface area contributed by atoms with Crippen LogP contribution in [0.15, 0.2) is 46.8 Å². The van der Waals surface area contributed by atoms with Crippen molar-refractivity contribution in [3.05, 3.63) is 52.2 Å². The van der Waals surface area contributed by atoms with Crippen LogP contribution in [0.2, 0.25) is 0 Å². The Labute approximate surface area is 196 Å². The Hall–Kier alpha value is -1.32. The zero-order chi connectivity index (χ0) is 19.9. The van der Waals surface area contributed by atoms with Crippen LogP contribution in [0.5, 0.6) is 0 Å². The number of anilines is 1. The zero-order valence-corrected chi connectivity index (χ0v) is 21.0. The van der Waals surface area contributed by atoms with Crippen molar-refractivity contribution < 1.29 is 0 Å². The maximum Gasteiger partial charge on any atom is 0.191 e. The standard InChI is InChI=1S/C22H33N5S.HI/c1-23-22(24-15-17-9-11-19(12-10-17)26(2)3)25-16-18-7-5-13-27(4)21(18)20-8-6-14-28-20;/h6,8-12,14,18,21H,5,7,13,15-16H2,1-4H3,(H2,23,24,25);1H. The molecule has 0 spiro atoms. The first-order valence-electron chi connectivity index (χ1n) is 10.0. The first-order valence-corrected chi connectivity index (χ1v) is 10.9. The van der Waals surface area contributed by atoms with Crippen LogP contribution in [-0.2, 0) is 6.54 Å². The molecule has 2 N–H and O–H groups in total. The zero-order valence-electron chi connectivity index (χ0n) is 17.9. The average Bonchev–Trinajstić information content (AvgIpc) is 3.22. The molecular formula is C22H34IN5S. The molecule has 0 amide bonds. The highest BCUT2D eigenvalue weighted by Crippen LogP contribution is 2.36. The molecule has 1 aromatic heterocycles. The summed E-state index contributed by atoms with van der Waals surface area (Å²) in [4.78, 5) is 10.5. The van der Waals surface area contributed by atoms with Crippen molar-refractivity contribution in [2.45, 2.75) is 25.4 Å². The number of piperidine rings is 1. The predicted molar refractivity (Wildman–Crippen MR) is 137 cm³/mol. The van der Waals surface area contributed by atoms with Crippen LogP contribution >= 0.6 is 35.3 Å². The molecule has 0 saturated carbocycles. The van der Waals surface area contributed by atoms with Crippen LogP contribution in [0.1, 0.15) is 29.3 Å². The van der Waals surface area contributed by atoms with Crippen molar-refractivity contribution in [3.8, 4) is 0 Å². The van der Waals surface area contributed by atoms with Crippen LogP contribution in [0, 0.1) is 5.92 Å². The van der Waals surface area contributed by atoms with Gasteiger partial charge < -0.3 is 15.5 Å². The molecule has 2 heterocycles. The van der Waals surface area contributed by atoms with Crippen LogP contribution < -0.4 is 15.5 Å². The molecule has 1 aliphatic rings. The van der Waals surface area contributed by atoms with E-state index in [9.17, 15) is 0 Å². The van der Waals surface area contributed by atoms with E-state index in [4.69, 9.17) is 0 Å². The summed E-state index contributed by atoms with van der Waals surface area (Å²) in [5.74, 6) is 1.46. The molecule has 2 atom stereocenters. The highest BCUT2D eigenvalue weighted by Gasteiger charge is 2.31. The van der Waals surface area contributed by atoms with Crippen molar-refractivity contribution in [3.63, 3.8) is 0 Å². The van der Waals surface area contributed by atoms with Gasteiger partial charge in [0.2, 0.25) is 0 Å². The summed E-state index contributed by atoms with van der Waals surface area (Å²) >= 11 is 1.87. The number of likely N-dealkylation sites (tertiary alicyclic amines) is 1. The molecule has 1 fully saturated rings. The van der Waals surface area contributed by atoms with Gasteiger partial charge in [-0.15, -0.1) is 35.3 Å². The number of guanidine groups is 1. The van der Waals surface area contributed by atoms with Gasteiger partial charge in [-0.2, -0.15) is 0 Å². The summed E-state index contributed by atoms with van der Waals surface area (Å²) in [6.45, 7) is 2.88. The summed E-state index contributed by atoms with van der Waals surface area (Å²) in [6.07, 6.45) is 2.51. The number of hydrogen-bond donors (Lipinski definition) is 2. The van der Waals surface area contributed by atoms with Gasteiger partial charge in [0.1, 0.15) is 0 Å². The molecule has 5 nitrogen and oxygen atoms in total. The maximum atomic E-state index is 4.42. The van der Waals surface area contributed by atoms with Gasteiger partial charge in [0.15, 0.2) is 5.96 Å². The van der Waals surface area contributed by atoms with E-state index in [0.717, 1.165) is 19.0 Å². The van der Waals surface area contributed by atoms with Gasteiger partial charge in [0.05, 0.1) is 0 Å². The van der Waals surface area contributed by atoms with Crippen LogP contribution in [0.25, 0.3) is 0 Å². The van der Waals surface area contributed by atoms with E-state index in [2.05, 4.69) is 88.3 Å². The van der Waals surface area contributed by atoms with Crippen LogP contribution in [0.3, 0.4) is 0 Å². The van der Waals surface area contributed by atoms with Gasteiger partial charge in [-0.25, -0.2) is 0 Å². The van der Waals surface area contributed by atoms with Gasteiger partial charge in [0, 0.05) is 50.8 Å². The van der Waals surface area contributed by atoms with E-state index < -0.39 is 0 Å². The van der Waals surface area contributed by atoms with Crippen molar-refractivity contribution >= 4 is 47.0 Å². The summed E-state index contributed by atoms with van der Waals surface area (Å²) in [5.41, 5.74) is 2.47. The lowest BCUT2D eigenvalue weighted by molar-refractivity contribution is 0.125. The molecule has 1 saturated heterocycles. The number of rotatable bonds is 6. The van der Waals surface area contributed by atoms with E-state index in [-0.39, 0.29) is 24.0 Å². The van der Waals surface area contributed by atoms with Crippen LogP contribution in [-0.4, -0.2) is 52.1 Å². The summed E-state index contributed by atoms with van der Waals surface area (Å²) < 4.78 is 0. The Kier molecular flexibility index (Phi) is 9.71. The molecule has 2 aromatic rings. The van der Waals surface area contributed by atoms with Crippen molar-refractivity contribution in [2.75, 3.05) is 46.2 Å². The summed E-state index contributed by atoms with van der Waals surface area (Å²) in [7, 11) is 8.21. The molecule has 1 aromatic carbocycles. The Balaban J connectivity index is 0.00000300. The second kappa shape index (κ2) is 11.8. The minimum atomic E-state index is 0. The number of nitrogens with one attached hydrogen (secondary N) is 2. The average molecular weight is 528 g/mol. The Morgan fingerprint density at radius 1 is 1.21 bits per heavy atom. The summed E-state index contributed by atoms with van der Waals surface area (Å²) in [6, 6.07) is 13.6. The summed E-state index contributed by atoms with van der Waals surface area (Å²) in [5, 5.41) is 9.19. The smallest absolute Gasteiger partial charge is 0.191 e. The number of thiophene rings is 1. The first-order chi connectivity index (χ1) is 13.6. The molecule has 0 aliphatic carbocycles. The fraction of sp³-hybridized carbons (Fsp3) is 0.500. The van der Waals surface area contributed by atoms with Gasteiger partial charge in [-0.1, -0.05) is 18.2 Å². The highest BCUT2D eigenvalue weighted by molar-refractivity contribution is 14.0. The van der Waals surface area contributed by atoms with Gasteiger partial charge in [0.25, 0.3) is 0 Å². The molecule has 0 bridgehead atoms. The quantitative estimate of drug-likeness (QED) is 0.336. The number of benzene rings is 1. The minimum Gasteiger partial charge on any atom is -0.378 e. The Morgan fingerprint density at radius 2 is 1.97 bits per heavy atom. The van der Waals surface area contributed by atoms with Gasteiger partial charge in [-0.3, -0.25) is 9.89 Å². The first kappa shape index (κ1) is 24.0. The molecule has 29 heavy (non-hydrogen) atoms. The molecule has 7 heteroatoms. The third-order valence-electron chi connectivity index (χ3n) is 5.51. The number of nitrogens with zero attached hydrogens (tertiary/aromatic N) is 3. The number of hydrogen-bond acceptors (Lipinski definition) is 4. The second-order valence-corrected chi connectivity index (χ2v) is 8.69. The highest BCUT2D eigenvalue weighted by atomic mass is 127. The third-order valence-corrected chi connectivity index (χ3v) is 6.45. The van der Waals surface area contributed by atoms with E-state index in [1.807, 2.05) is 18.4 Å². The lowest BCUT2D eigenvalue weighted by atomic mass is 9.88. The van der Waals surface area contributed by atoms with Gasteiger partial charge >= 0.3 is 0 Å². The van der Waals surface area contributed by atoms with E-state index >= 15 is 0 Å². The molecule has 3 rings (SSSR count). The predicted octanol–water partition coefficient (Wildman–Crippen LogP) is 4.18. The minimum absolute atomic E-state index is 0. The monoisotopic (exact) mass is 527 g/mol. The van der Waals surface area contributed by atoms with Gasteiger partial charge in [-0.05, 0) is 61.5 Å². The largest absolute Gasteiger partial charge is 0.378 e. The Bertz CT molecular complexity index is 745. The molecule has 2 unspecified atom stereocenters. The van der Waals surface area contributed by atoms with E-state index in [0.29, 0.717) is 12.0 Å². The van der Waals surface area contributed by atoms with Crippen LogP contribution in [0.4, 0.5) is 5.69 Å². The molecule has 0 radical (unpaired) electrons. The fourth-order valence-electron chi connectivity index (χ4n) is 3.93. The lowest BCUT2D eigenvalue weighted by Crippen LogP contribution is -2.44. The fourth-order valence-corrected chi connectivity index (χ4v) is 4.91. The third kappa shape index (κ3) is 6.58. The number of aliphatic imine (C=N–C) groups is 1. The normalized spacial score (nSPS) is 20.1. The Morgan fingerprint density at radius 3 is 2.59 bits per heavy atom. The number of halogens is 1. The van der Waals surface area contributed by atoms with E-state index in [1.54, 1.807) is 0 Å². The second-order valence-electron chi connectivity index (χ2n) is 7.71. The van der Waals surface area contributed by atoms with Crippen molar-refractivity contribution in [1.29, 1.82) is 0 Å².